The summed E-state index contributed by atoms with van der Waals surface area (Å²) < 4.78 is 10.1. The van der Waals surface area contributed by atoms with Gasteiger partial charge in [0.15, 0.2) is 5.92 Å². The molecule has 2 atom stereocenters. The second-order valence-electron chi connectivity index (χ2n) is 5.24. The Morgan fingerprint density at radius 3 is 2.36 bits per heavy atom. The number of ether oxygens (including phenoxy) is 2. The van der Waals surface area contributed by atoms with Crippen molar-refractivity contribution in [2.75, 3.05) is 13.7 Å². The van der Waals surface area contributed by atoms with Crippen LogP contribution in [0.1, 0.15) is 24.1 Å². The number of rotatable bonds is 7. The lowest BCUT2D eigenvalue weighted by Crippen LogP contribution is -2.18. The van der Waals surface area contributed by atoms with Gasteiger partial charge in [-0.25, -0.2) is 0 Å². The Morgan fingerprint density at radius 1 is 1.16 bits per heavy atom. The maximum Gasteiger partial charge on any atom is 0.328 e. The minimum absolute atomic E-state index is 0.228. The third-order valence-corrected chi connectivity index (χ3v) is 3.61. The summed E-state index contributed by atoms with van der Waals surface area (Å²) in [5.74, 6) is -0.860. The molecule has 2 aromatic carbocycles. The first-order valence-electron chi connectivity index (χ1n) is 7.98. The Hall–Kier alpha value is -3.13. The third-order valence-electron chi connectivity index (χ3n) is 3.61. The lowest BCUT2D eigenvalue weighted by atomic mass is 9.99. The van der Waals surface area contributed by atoms with Gasteiger partial charge in [0.25, 0.3) is 0 Å². The van der Waals surface area contributed by atoms with Gasteiger partial charge in [-0.15, -0.1) is 0 Å². The first-order chi connectivity index (χ1) is 12.2. The number of aliphatic imine (C=N–C) groups is 1. The number of carbonyl (C=O) groups is 1. The van der Waals surface area contributed by atoms with E-state index in [9.17, 15) is 10.1 Å². The minimum Gasteiger partial charge on any atom is -0.497 e. The lowest BCUT2D eigenvalue weighted by molar-refractivity contribution is -0.143. The quantitative estimate of drug-likeness (QED) is 0.572. The average molecular weight is 336 g/mol. The van der Waals surface area contributed by atoms with Gasteiger partial charge in [0.2, 0.25) is 0 Å². The van der Waals surface area contributed by atoms with Gasteiger partial charge in [0.05, 0.1) is 25.8 Å². The Morgan fingerprint density at radius 2 is 1.80 bits per heavy atom. The minimum atomic E-state index is -1.02. The van der Waals surface area contributed by atoms with E-state index in [2.05, 4.69) is 4.99 Å². The second kappa shape index (κ2) is 9.24. The summed E-state index contributed by atoms with van der Waals surface area (Å²) in [5.41, 5.74) is 1.90. The van der Waals surface area contributed by atoms with Gasteiger partial charge in [-0.2, -0.15) is 5.26 Å². The molecule has 0 radical (unpaired) electrons. The van der Waals surface area contributed by atoms with Crippen molar-refractivity contribution in [2.45, 2.75) is 13.0 Å². The van der Waals surface area contributed by atoms with Crippen molar-refractivity contribution in [1.29, 1.82) is 5.26 Å². The summed E-state index contributed by atoms with van der Waals surface area (Å²) in [5, 5.41) is 9.19. The number of carbonyl (C=O) groups excluding carboxylic acids is 1. The van der Waals surface area contributed by atoms with E-state index in [0.717, 1.165) is 16.9 Å². The van der Waals surface area contributed by atoms with Crippen molar-refractivity contribution in [3.63, 3.8) is 0 Å². The Labute approximate surface area is 147 Å². The van der Waals surface area contributed by atoms with E-state index in [0.29, 0.717) is 0 Å². The molecular formula is C20H20N2O3. The molecule has 0 spiro atoms. The van der Waals surface area contributed by atoms with Gasteiger partial charge in [0, 0.05) is 6.21 Å². The highest BCUT2D eigenvalue weighted by atomic mass is 16.5. The molecule has 0 aromatic heterocycles. The van der Waals surface area contributed by atoms with Crippen LogP contribution in [0.5, 0.6) is 5.75 Å². The number of nitriles is 1. The second-order valence-corrected chi connectivity index (χ2v) is 5.24. The molecule has 0 aliphatic heterocycles. The van der Waals surface area contributed by atoms with Crippen LogP contribution in [0.4, 0.5) is 0 Å². The zero-order valence-corrected chi connectivity index (χ0v) is 14.3. The Kier molecular flexibility index (Phi) is 6.73. The summed E-state index contributed by atoms with van der Waals surface area (Å²) in [7, 11) is 1.61. The molecule has 0 fully saturated rings. The van der Waals surface area contributed by atoms with E-state index in [1.165, 1.54) is 6.21 Å². The molecule has 0 saturated carbocycles. The number of esters is 1. The predicted octanol–water partition coefficient (Wildman–Crippen LogP) is 3.56. The maximum atomic E-state index is 11.8. The van der Waals surface area contributed by atoms with Gasteiger partial charge in [-0.3, -0.25) is 9.79 Å². The molecule has 0 bridgehead atoms. The van der Waals surface area contributed by atoms with Crippen LogP contribution in [-0.4, -0.2) is 25.9 Å². The van der Waals surface area contributed by atoms with Crippen LogP contribution >= 0.6 is 0 Å². The molecule has 0 aliphatic rings. The van der Waals surface area contributed by atoms with Crippen molar-refractivity contribution in [3.8, 4) is 11.8 Å². The first kappa shape index (κ1) is 18.2. The number of nitrogens with zero attached hydrogens (tertiary/aromatic N) is 2. The molecule has 25 heavy (non-hydrogen) atoms. The fraction of sp³-hybridized carbons (Fsp3) is 0.250. The van der Waals surface area contributed by atoms with E-state index < -0.39 is 11.9 Å². The summed E-state index contributed by atoms with van der Waals surface area (Å²) >= 11 is 0. The van der Waals surface area contributed by atoms with E-state index in [-0.39, 0.29) is 12.6 Å². The molecule has 0 saturated heterocycles. The normalized spacial score (nSPS) is 13.0. The molecule has 2 aromatic rings. The highest BCUT2D eigenvalue weighted by molar-refractivity contribution is 5.93. The number of methoxy groups -OCH3 is 1. The molecule has 0 N–H and O–H groups in total. The van der Waals surface area contributed by atoms with Crippen molar-refractivity contribution in [1.82, 2.24) is 0 Å². The summed E-state index contributed by atoms with van der Waals surface area (Å²) in [6, 6.07) is 18.8. The zero-order valence-electron chi connectivity index (χ0n) is 14.3. The molecule has 128 valence electrons. The number of benzene rings is 2. The lowest BCUT2D eigenvalue weighted by Gasteiger charge is -2.14. The highest BCUT2D eigenvalue weighted by Crippen LogP contribution is 2.27. The predicted molar refractivity (Wildman–Crippen MR) is 95.5 cm³/mol. The van der Waals surface area contributed by atoms with Crippen LogP contribution in [0.25, 0.3) is 0 Å². The van der Waals surface area contributed by atoms with E-state index in [1.54, 1.807) is 14.0 Å². The summed E-state index contributed by atoms with van der Waals surface area (Å²) in [6.45, 7) is 1.93. The fourth-order valence-corrected chi connectivity index (χ4v) is 2.34. The van der Waals surface area contributed by atoms with Crippen LogP contribution in [0, 0.1) is 17.2 Å². The van der Waals surface area contributed by atoms with Crippen molar-refractivity contribution < 1.29 is 14.3 Å². The van der Waals surface area contributed by atoms with Crippen molar-refractivity contribution >= 4 is 12.2 Å². The third kappa shape index (κ3) is 4.92. The molecule has 5 nitrogen and oxygen atoms in total. The topological polar surface area (TPSA) is 71.7 Å². The van der Waals surface area contributed by atoms with Gasteiger partial charge in [-0.1, -0.05) is 42.5 Å². The van der Waals surface area contributed by atoms with Crippen molar-refractivity contribution in [2.24, 2.45) is 10.9 Å². The van der Waals surface area contributed by atoms with Gasteiger partial charge >= 0.3 is 5.97 Å². The summed E-state index contributed by atoms with van der Waals surface area (Å²) in [6.07, 6.45) is 1.36. The van der Waals surface area contributed by atoms with Gasteiger partial charge in [0.1, 0.15) is 5.75 Å². The van der Waals surface area contributed by atoms with Crippen molar-refractivity contribution in [3.05, 3.63) is 65.7 Å². The average Bonchev–Trinajstić information content (AvgIpc) is 2.66. The van der Waals surface area contributed by atoms with Crippen LogP contribution in [-0.2, 0) is 9.53 Å². The number of hydrogen-bond donors (Lipinski definition) is 0. The van der Waals surface area contributed by atoms with Crippen LogP contribution in [0.2, 0.25) is 0 Å². The Balaban J connectivity index is 2.33. The van der Waals surface area contributed by atoms with Gasteiger partial charge in [-0.05, 0) is 30.2 Å². The van der Waals surface area contributed by atoms with Crippen LogP contribution in [0.15, 0.2) is 59.6 Å². The summed E-state index contributed by atoms with van der Waals surface area (Å²) in [4.78, 5) is 16.3. The molecule has 5 heteroatoms. The van der Waals surface area contributed by atoms with Gasteiger partial charge < -0.3 is 9.47 Å². The smallest absolute Gasteiger partial charge is 0.328 e. The first-order valence-corrected chi connectivity index (χ1v) is 7.98. The molecule has 2 rings (SSSR count). The van der Waals surface area contributed by atoms with Crippen LogP contribution in [0.3, 0.4) is 0 Å². The van der Waals surface area contributed by atoms with Crippen LogP contribution < -0.4 is 4.74 Å². The Bertz CT molecular complexity index is 749. The molecular weight excluding hydrogens is 316 g/mol. The monoisotopic (exact) mass is 336 g/mol. The van der Waals surface area contributed by atoms with E-state index in [1.807, 2.05) is 60.7 Å². The standard InChI is InChI=1S/C20H20N2O3/c1-3-25-20(23)17(13-21)14-22-19(15-7-5-4-6-8-15)16-9-11-18(24-2)12-10-16/h4-12,14,17,19H,3H2,1-2H3/t17-,19+/m0/s1. The fourth-order valence-electron chi connectivity index (χ4n) is 2.34. The molecule has 0 amide bonds. The largest absolute Gasteiger partial charge is 0.497 e. The highest BCUT2D eigenvalue weighted by Gasteiger charge is 2.19. The zero-order chi connectivity index (χ0) is 18.1. The SMILES string of the molecule is CCOC(=O)[C@@H](C#N)C=N[C@H](c1ccccc1)c1ccc(OC)cc1. The number of hydrogen-bond acceptors (Lipinski definition) is 5. The maximum absolute atomic E-state index is 11.8. The molecule has 0 unspecified atom stereocenters. The van der Waals surface area contributed by atoms with E-state index in [4.69, 9.17) is 9.47 Å². The molecule has 0 heterocycles. The molecule has 0 aliphatic carbocycles. The van der Waals surface area contributed by atoms with E-state index >= 15 is 0 Å².